The standard InChI is InChI=1S/C18H27N5OS2.HI/c1-4-19-18(22-11-13(2)10-15-6-5-9-25-15)21-8-7-20-17(24)16-14(3)23-12-26-16;/h5-6,9,12-13H,4,7-8,10-11H2,1-3H3,(H,20,24)(H2,19,21,22);1H. The molecule has 0 fully saturated rings. The molecule has 0 aliphatic rings. The second-order valence-corrected chi connectivity index (χ2v) is 7.94. The number of amides is 1. The molecule has 2 rings (SSSR count). The first-order valence-corrected chi connectivity index (χ1v) is 10.6. The summed E-state index contributed by atoms with van der Waals surface area (Å²) in [5.41, 5.74) is 2.46. The maximum absolute atomic E-state index is 12.1. The molecule has 0 spiro atoms. The highest BCUT2D eigenvalue weighted by molar-refractivity contribution is 14.0. The summed E-state index contributed by atoms with van der Waals surface area (Å²) in [5.74, 6) is 1.20. The molecule has 0 bridgehead atoms. The zero-order chi connectivity index (χ0) is 18.8. The highest BCUT2D eigenvalue weighted by atomic mass is 127. The van der Waals surface area contributed by atoms with E-state index in [-0.39, 0.29) is 29.9 Å². The van der Waals surface area contributed by atoms with Crippen LogP contribution < -0.4 is 16.0 Å². The summed E-state index contributed by atoms with van der Waals surface area (Å²) in [6.45, 7) is 8.82. The van der Waals surface area contributed by atoms with Gasteiger partial charge in [0.15, 0.2) is 5.96 Å². The maximum atomic E-state index is 12.1. The van der Waals surface area contributed by atoms with Gasteiger partial charge in [0.2, 0.25) is 0 Å². The molecule has 2 aromatic rings. The summed E-state index contributed by atoms with van der Waals surface area (Å²) in [7, 11) is 0. The number of nitrogens with one attached hydrogen (secondary N) is 3. The van der Waals surface area contributed by atoms with Crippen molar-refractivity contribution in [2.24, 2.45) is 10.9 Å². The lowest BCUT2D eigenvalue weighted by Crippen LogP contribution is -2.41. The molecule has 0 aromatic carbocycles. The molecule has 6 nitrogen and oxygen atoms in total. The molecule has 0 saturated heterocycles. The molecule has 1 atom stereocenters. The number of hydrogen-bond donors (Lipinski definition) is 3. The van der Waals surface area contributed by atoms with Crippen LogP contribution in [0.4, 0.5) is 0 Å². The summed E-state index contributed by atoms with van der Waals surface area (Å²) >= 11 is 3.16. The van der Waals surface area contributed by atoms with Crippen LogP contribution in [0.3, 0.4) is 0 Å². The van der Waals surface area contributed by atoms with E-state index in [0.29, 0.717) is 23.9 Å². The van der Waals surface area contributed by atoms with Crippen LogP contribution in [0, 0.1) is 12.8 Å². The van der Waals surface area contributed by atoms with Crippen molar-refractivity contribution < 1.29 is 4.79 Å². The normalized spacial score (nSPS) is 12.2. The van der Waals surface area contributed by atoms with Gasteiger partial charge >= 0.3 is 0 Å². The molecule has 3 N–H and O–H groups in total. The summed E-state index contributed by atoms with van der Waals surface area (Å²) in [4.78, 5) is 22.9. The van der Waals surface area contributed by atoms with E-state index >= 15 is 0 Å². The Hall–Kier alpha value is -1.20. The first kappa shape index (κ1) is 23.8. The number of guanidine groups is 1. The van der Waals surface area contributed by atoms with E-state index in [2.05, 4.69) is 50.4 Å². The number of aryl methyl sites for hydroxylation is 1. The van der Waals surface area contributed by atoms with Gasteiger partial charge in [0, 0.05) is 31.1 Å². The van der Waals surface area contributed by atoms with Crippen molar-refractivity contribution in [3.63, 3.8) is 0 Å². The Bertz CT molecular complexity index is 702. The van der Waals surface area contributed by atoms with Crippen LogP contribution in [-0.4, -0.2) is 43.0 Å². The maximum Gasteiger partial charge on any atom is 0.263 e. The Labute approximate surface area is 186 Å². The van der Waals surface area contributed by atoms with Crippen molar-refractivity contribution in [3.8, 4) is 0 Å². The summed E-state index contributed by atoms with van der Waals surface area (Å²) in [6, 6.07) is 4.26. The first-order valence-electron chi connectivity index (χ1n) is 8.83. The van der Waals surface area contributed by atoms with Crippen LogP contribution in [0.2, 0.25) is 0 Å². The number of carbonyl (C=O) groups is 1. The molecule has 150 valence electrons. The summed E-state index contributed by atoms with van der Waals surface area (Å²) in [5, 5.41) is 11.5. The lowest BCUT2D eigenvalue weighted by molar-refractivity contribution is 0.0957. The van der Waals surface area contributed by atoms with Gasteiger partial charge in [0.05, 0.1) is 11.2 Å². The predicted molar refractivity (Wildman–Crippen MR) is 126 cm³/mol. The van der Waals surface area contributed by atoms with E-state index in [1.165, 1.54) is 16.2 Å². The third-order valence-corrected chi connectivity index (χ3v) is 5.52. The monoisotopic (exact) mass is 521 g/mol. The van der Waals surface area contributed by atoms with E-state index in [1.54, 1.807) is 16.8 Å². The third kappa shape index (κ3) is 8.56. The summed E-state index contributed by atoms with van der Waals surface area (Å²) in [6.07, 6.45) is 1.05. The molecule has 0 aliphatic heterocycles. The van der Waals surface area contributed by atoms with Crippen molar-refractivity contribution in [1.82, 2.24) is 20.9 Å². The largest absolute Gasteiger partial charge is 0.357 e. The predicted octanol–water partition coefficient (Wildman–Crippen LogP) is 3.29. The Balaban J connectivity index is 0.00000364. The third-order valence-electron chi connectivity index (χ3n) is 3.69. The Morgan fingerprint density at radius 1 is 1.26 bits per heavy atom. The van der Waals surface area contributed by atoms with Crippen molar-refractivity contribution >= 4 is 58.5 Å². The van der Waals surface area contributed by atoms with Gasteiger partial charge in [-0.2, -0.15) is 0 Å². The number of carbonyl (C=O) groups excluding carboxylic acids is 1. The lowest BCUT2D eigenvalue weighted by atomic mass is 10.1. The minimum absolute atomic E-state index is 0. The average Bonchev–Trinajstić information content (AvgIpc) is 3.27. The van der Waals surface area contributed by atoms with Crippen LogP contribution in [0.5, 0.6) is 0 Å². The Morgan fingerprint density at radius 3 is 2.67 bits per heavy atom. The molecular weight excluding hydrogens is 493 g/mol. The fourth-order valence-corrected chi connectivity index (χ4v) is 3.97. The van der Waals surface area contributed by atoms with E-state index in [4.69, 9.17) is 0 Å². The molecule has 1 unspecified atom stereocenters. The van der Waals surface area contributed by atoms with E-state index in [9.17, 15) is 4.79 Å². The van der Waals surface area contributed by atoms with Crippen LogP contribution in [0.15, 0.2) is 28.0 Å². The van der Waals surface area contributed by atoms with E-state index in [1.807, 2.05) is 13.8 Å². The molecule has 0 radical (unpaired) electrons. The number of aliphatic imine (C=N–C) groups is 1. The number of aromatic nitrogens is 1. The number of halogens is 1. The molecule has 1 amide bonds. The van der Waals surface area contributed by atoms with Gasteiger partial charge in [-0.3, -0.25) is 9.79 Å². The minimum Gasteiger partial charge on any atom is -0.357 e. The zero-order valence-electron chi connectivity index (χ0n) is 15.9. The number of thiophene rings is 1. The minimum atomic E-state index is -0.0710. The molecule has 2 heterocycles. The van der Waals surface area contributed by atoms with E-state index < -0.39 is 0 Å². The molecular formula is C18H28IN5OS2. The van der Waals surface area contributed by atoms with Crippen molar-refractivity contribution in [2.75, 3.05) is 26.2 Å². The van der Waals surface area contributed by atoms with Gasteiger partial charge in [-0.25, -0.2) is 4.98 Å². The highest BCUT2D eigenvalue weighted by Crippen LogP contribution is 2.14. The van der Waals surface area contributed by atoms with Crippen LogP contribution in [0.1, 0.15) is 34.1 Å². The smallest absolute Gasteiger partial charge is 0.263 e. The van der Waals surface area contributed by atoms with Crippen LogP contribution in [0.25, 0.3) is 0 Å². The molecule has 0 aliphatic carbocycles. The van der Waals surface area contributed by atoms with Crippen LogP contribution in [-0.2, 0) is 6.42 Å². The van der Waals surface area contributed by atoms with Crippen molar-refractivity contribution in [3.05, 3.63) is 38.5 Å². The first-order chi connectivity index (χ1) is 12.6. The Kier molecular flexibility index (Phi) is 11.5. The topological polar surface area (TPSA) is 78.4 Å². The summed E-state index contributed by atoms with van der Waals surface area (Å²) < 4.78 is 0. The highest BCUT2D eigenvalue weighted by Gasteiger charge is 2.10. The lowest BCUT2D eigenvalue weighted by Gasteiger charge is -2.13. The van der Waals surface area contributed by atoms with Gasteiger partial charge in [-0.1, -0.05) is 13.0 Å². The van der Waals surface area contributed by atoms with Crippen molar-refractivity contribution in [1.29, 1.82) is 0 Å². The fourth-order valence-electron chi connectivity index (χ4n) is 2.38. The van der Waals surface area contributed by atoms with E-state index in [0.717, 1.165) is 31.2 Å². The van der Waals surface area contributed by atoms with Gasteiger partial charge < -0.3 is 16.0 Å². The molecule has 0 saturated carbocycles. The quantitative estimate of drug-likeness (QED) is 0.205. The van der Waals surface area contributed by atoms with Gasteiger partial charge in [-0.15, -0.1) is 46.7 Å². The molecule has 27 heavy (non-hydrogen) atoms. The molecule has 2 aromatic heterocycles. The molecule has 9 heteroatoms. The second kappa shape index (κ2) is 13.1. The number of nitrogens with zero attached hydrogens (tertiary/aromatic N) is 2. The van der Waals surface area contributed by atoms with Crippen molar-refractivity contribution in [2.45, 2.75) is 27.2 Å². The number of hydrogen-bond acceptors (Lipinski definition) is 5. The Morgan fingerprint density at radius 2 is 2.04 bits per heavy atom. The fraction of sp³-hybridized carbons (Fsp3) is 0.500. The van der Waals surface area contributed by atoms with Gasteiger partial charge in [0.25, 0.3) is 5.91 Å². The average molecular weight is 521 g/mol. The number of thiazole rings is 1. The SMILES string of the molecule is CCNC(=NCC(C)Cc1cccs1)NCCNC(=O)c1scnc1C.I. The second-order valence-electron chi connectivity index (χ2n) is 6.06. The van der Waals surface area contributed by atoms with Crippen LogP contribution >= 0.6 is 46.7 Å². The zero-order valence-corrected chi connectivity index (χ0v) is 19.9. The van der Waals surface area contributed by atoms with Gasteiger partial charge in [-0.05, 0) is 37.6 Å². The number of rotatable bonds is 9. The van der Waals surface area contributed by atoms with Gasteiger partial charge in [0.1, 0.15) is 4.88 Å².